The molecule has 1 aliphatic rings. The van der Waals surface area contributed by atoms with E-state index in [-0.39, 0.29) is 0 Å². The number of allylic oxidation sites excluding steroid dienone is 4. The Hall–Kier alpha value is -0.720. The predicted octanol–water partition coefficient (Wildman–Crippen LogP) is 5.39. The molecule has 0 spiro atoms. The Morgan fingerprint density at radius 1 is 1.29 bits per heavy atom. The molecule has 0 heterocycles. The number of hydrogen-bond donors (Lipinski definition) is 1. The summed E-state index contributed by atoms with van der Waals surface area (Å²) < 4.78 is 0. The zero-order chi connectivity index (χ0) is 12.8. The average Bonchev–Trinajstić information content (AvgIpc) is 2.33. The van der Waals surface area contributed by atoms with Crippen molar-refractivity contribution in [2.75, 3.05) is 0 Å². The molecule has 0 bridgehead atoms. The Morgan fingerprint density at radius 3 is 2.53 bits per heavy atom. The van der Waals surface area contributed by atoms with Crippen LogP contribution in [-0.4, -0.2) is 5.11 Å². The third-order valence-corrected chi connectivity index (χ3v) is 4.18. The van der Waals surface area contributed by atoms with E-state index in [0.717, 1.165) is 30.3 Å². The van der Waals surface area contributed by atoms with Crippen LogP contribution in [0.15, 0.2) is 23.0 Å². The van der Waals surface area contributed by atoms with E-state index in [0.29, 0.717) is 5.76 Å². The van der Waals surface area contributed by atoms with E-state index < -0.39 is 0 Å². The molecule has 98 valence electrons. The minimum atomic E-state index is 0.590. The molecule has 0 aliphatic heterocycles. The standard InChI is InChI=1S/C16H28O/c1-5-7-8-15(12(3)6-2)14-9-10-16(17)13(4)11-14/h11-12,15,17H,5-10H2,1-4H3. The lowest BCUT2D eigenvalue weighted by Gasteiger charge is -2.28. The molecule has 0 aromatic heterocycles. The van der Waals surface area contributed by atoms with Crippen LogP contribution in [-0.2, 0) is 0 Å². The smallest absolute Gasteiger partial charge is 0.0954 e. The maximum absolute atomic E-state index is 9.68. The van der Waals surface area contributed by atoms with Crippen LogP contribution in [0.3, 0.4) is 0 Å². The normalized spacial score (nSPS) is 20.1. The molecule has 0 fully saturated rings. The molecular weight excluding hydrogens is 208 g/mol. The molecule has 0 aromatic rings. The van der Waals surface area contributed by atoms with Gasteiger partial charge in [-0.2, -0.15) is 0 Å². The van der Waals surface area contributed by atoms with E-state index in [1.807, 2.05) is 6.92 Å². The van der Waals surface area contributed by atoms with Crippen molar-refractivity contribution in [3.05, 3.63) is 23.0 Å². The molecular formula is C16H28O. The van der Waals surface area contributed by atoms with Gasteiger partial charge >= 0.3 is 0 Å². The van der Waals surface area contributed by atoms with E-state index in [2.05, 4.69) is 26.8 Å². The molecule has 1 nitrogen and oxygen atoms in total. The summed E-state index contributed by atoms with van der Waals surface area (Å²) in [4.78, 5) is 0. The van der Waals surface area contributed by atoms with Crippen LogP contribution in [0.25, 0.3) is 0 Å². The summed E-state index contributed by atoms with van der Waals surface area (Å²) in [6.45, 7) is 8.95. The van der Waals surface area contributed by atoms with Crippen LogP contribution < -0.4 is 0 Å². The van der Waals surface area contributed by atoms with Crippen LogP contribution in [0.1, 0.15) is 66.2 Å². The molecule has 2 unspecified atom stereocenters. The molecule has 0 saturated heterocycles. The number of unbranched alkanes of at least 4 members (excludes halogenated alkanes) is 1. The van der Waals surface area contributed by atoms with Gasteiger partial charge in [0.25, 0.3) is 0 Å². The molecule has 0 saturated carbocycles. The van der Waals surface area contributed by atoms with Crippen molar-refractivity contribution in [3.63, 3.8) is 0 Å². The molecule has 1 N–H and O–H groups in total. The monoisotopic (exact) mass is 236 g/mol. The average molecular weight is 236 g/mol. The summed E-state index contributed by atoms with van der Waals surface area (Å²) in [5.41, 5.74) is 2.65. The lowest BCUT2D eigenvalue weighted by molar-refractivity contribution is 0.339. The fourth-order valence-corrected chi connectivity index (χ4v) is 2.73. The Labute approximate surface area is 107 Å². The fraction of sp³-hybridized carbons (Fsp3) is 0.750. The number of aliphatic hydroxyl groups is 1. The molecule has 2 atom stereocenters. The third-order valence-electron chi connectivity index (χ3n) is 4.18. The van der Waals surface area contributed by atoms with Crippen molar-refractivity contribution in [2.24, 2.45) is 11.8 Å². The zero-order valence-electron chi connectivity index (χ0n) is 11.9. The van der Waals surface area contributed by atoms with Crippen molar-refractivity contribution >= 4 is 0 Å². The first-order valence-corrected chi connectivity index (χ1v) is 7.19. The number of aliphatic hydroxyl groups excluding tert-OH is 1. The summed E-state index contributed by atoms with van der Waals surface area (Å²) in [7, 11) is 0. The molecule has 17 heavy (non-hydrogen) atoms. The minimum Gasteiger partial charge on any atom is -0.512 e. The predicted molar refractivity (Wildman–Crippen MR) is 75.1 cm³/mol. The van der Waals surface area contributed by atoms with Crippen LogP contribution in [0.2, 0.25) is 0 Å². The first-order valence-electron chi connectivity index (χ1n) is 7.19. The summed E-state index contributed by atoms with van der Waals surface area (Å²) in [5, 5.41) is 9.68. The minimum absolute atomic E-state index is 0.590. The lowest BCUT2D eigenvalue weighted by atomic mass is 9.78. The highest BCUT2D eigenvalue weighted by atomic mass is 16.3. The Balaban J connectivity index is 2.80. The van der Waals surface area contributed by atoms with Gasteiger partial charge in [-0.1, -0.05) is 51.7 Å². The van der Waals surface area contributed by atoms with E-state index >= 15 is 0 Å². The lowest BCUT2D eigenvalue weighted by Crippen LogP contribution is -2.16. The fourth-order valence-electron chi connectivity index (χ4n) is 2.73. The maximum atomic E-state index is 9.68. The summed E-state index contributed by atoms with van der Waals surface area (Å²) >= 11 is 0. The molecule has 1 rings (SSSR count). The van der Waals surface area contributed by atoms with Gasteiger partial charge in [0, 0.05) is 6.42 Å². The van der Waals surface area contributed by atoms with Gasteiger partial charge in [-0.15, -0.1) is 0 Å². The van der Waals surface area contributed by atoms with Gasteiger partial charge in [-0.3, -0.25) is 0 Å². The highest BCUT2D eigenvalue weighted by Crippen LogP contribution is 2.35. The Kier molecular flexibility index (Phi) is 5.80. The van der Waals surface area contributed by atoms with E-state index in [9.17, 15) is 5.11 Å². The van der Waals surface area contributed by atoms with Gasteiger partial charge in [0.05, 0.1) is 5.76 Å². The van der Waals surface area contributed by atoms with E-state index in [1.54, 1.807) is 5.57 Å². The van der Waals surface area contributed by atoms with E-state index in [1.165, 1.54) is 25.7 Å². The largest absolute Gasteiger partial charge is 0.512 e. The molecule has 0 radical (unpaired) electrons. The van der Waals surface area contributed by atoms with Crippen LogP contribution in [0.5, 0.6) is 0 Å². The first kappa shape index (κ1) is 14.3. The molecule has 0 amide bonds. The third kappa shape index (κ3) is 3.90. The van der Waals surface area contributed by atoms with Crippen molar-refractivity contribution in [2.45, 2.75) is 66.2 Å². The van der Waals surface area contributed by atoms with Gasteiger partial charge in [-0.25, -0.2) is 0 Å². The van der Waals surface area contributed by atoms with Crippen LogP contribution >= 0.6 is 0 Å². The van der Waals surface area contributed by atoms with Gasteiger partial charge in [-0.05, 0) is 37.2 Å². The van der Waals surface area contributed by atoms with E-state index in [4.69, 9.17) is 0 Å². The quantitative estimate of drug-likeness (QED) is 0.655. The van der Waals surface area contributed by atoms with Crippen LogP contribution in [0.4, 0.5) is 0 Å². The Bertz CT molecular complexity index is 299. The summed E-state index contributed by atoms with van der Waals surface area (Å²) in [6.07, 6.45) is 9.30. The molecule has 1 heteroatoms. The van der Waals surface area contributed by atoms with Crippen molar-refractivity contribution < 1.29 is 5.11 Å². The summed E-state index contributed by atoms with van der Waals surface area (Å²) in [6, 6.07) is 0. The second-order valence-electron chi connectivity index (χ2n) is 5.48. The molecule has 0 aromatic carbocycles. The van der Waals surface area contributed by atoms with Gasteiger partial charge < -0.3 is 5.11 Å². The van der Waals surface area contributed by atoms with Crippen molar-refractivity contribution in [1.82, 2.24) is 0 Å². The summed E-state index contributed by atoms with van der Waals surface area (Å²) in [5.74, 6) is 2.08. The number of rotatable bonds is 6. The van der Waals surface area contributed by atoms with Crippen molar-refractivity contribution in [3.8, 4) is 0 Å². The first-order chi connectivity index (χ1) is 8.10. The Morgan fingerprint density at radius 2 is 2.00 bits per heavy atom. The second-order valence-corrected chi connectivity index (χ2v) is 5.48. The van der Waals surface area contributed by atoms with Crippen LogP contribution in [0, 0.1) is 11.8 Å². The van der Waals surface area contributed by atoms with Crippen molar-refractivity contribution in [1.29, 1.82) is 0 Å². The van der Waals surface area contributed by atoms with Gasteiger partial charge in [0.15, 0.2) is 0 Å². The molecule has 1 aliphatic carbocycles. The highest BCUT2D eigenvalue weighted by molar-refractivity contribution is 5.30. The van der Waals surface area contributed by atoms with Gasteiger partial charge in [0.2, 0.25) is 0 Å². The number of hydrogen-bond acceptors (Lipinski definition) is 1. The zero-order valence-corrected chi connectivity index (χ0v) is 11.9. The highest BCUT2D eigenvalue weighted by Gasteiger charge is 2.22. The van der Waals surface area contributed by atoms with Gasteiger partial charge in [0.1, 0.15) is 0 Å². The topological polar surface area (TPSA) is 20.2 Å². The SMILES string of the molecule is CCCCC(C1=CC(C)=C(O)CC1)C(C)CC. The second kappa shape index (κ2) is 6.88. The maximum Gasteiger partial charge on any atom is 0.0954 e.